The Hall–Kier alpha value is -8.28. The zero-order valence-corrected chi connectivity index (χ0v) is 40.9. The van der Waals surface area contributed by atoms with Gasteiger partial charge in [-0.2, -0.15) is 26.3 Å². The summed E-state index contributed by atoms with van der Waals surface area (Å²) in [5.74, 6) is -5.92. The van der Waals surface area contributed by atoms with Crippen LogP contribution in [0.2, 0.25) is 0 Å². The molecule has 1 aromatic heterocycles. The van der Waals surface area contributed by atoms with Gasteiger partial charge in [-0.05, 0) is 97.4 Å². The minimum Gasteiger partial charge on any atom is -0.506 e. The van der Waals surface area contributed by atoms with Crippen LogP contribution in [0.15, 0.2) is 126 Å². The second-order valence-electron chi connectivity index (χ2n) is 17.2. The number of hydrogen-bond donors (Lipinski definition) is 8. The number of piperidine rings is 1. The molecule has 0 spiro atoms. The summed E-state index contributed by atoms with van der Waals surface area (Å²) >= 11 is 0. The number of hydrogen-bond acceptors (Lipinski definition) is 11. The number of phenols is 1. The molecule has 17 nitrogen and oxygen atoms in total. The maximum absolute atomic E-state index is 13.4. The number of halogens is 6. The summed E-state index contributed by atoms with van der Waals surface area (Å²) in [4.78, 5) is 75.5. The van der Waals surface area contributed by atoms with Crippen LogP contribution in [0.4, 0.5) is 48.2 Å². The van der Waals surface area contributed by atoms with Gasteiger partial charge in [0.2, 0.25) is 11.5 Å². The van der Waals surface area contributed by atoms with Crippen molar-refractivity contribution in [1.29, 1.82) is 0 Å². The number of anilines is 3. The number of nitrogens with one attached hydrogen (secondary N) is 4. The van der Waals surface area contributed by atoms with Crippen LogP contribution >= 0.6 is 0 Å². The number of alkyl halides is 6. The molecule has 0 saturated carbocycles. The predicted molar refractivity (Wildman–Crippen MR) is 270 cm³/mol. The number of ether oxygens (including phenoxy) is 1. The summed E-state index contributed by atoms with van der Waals surface area (Å²) < 4.78 is 69.3. The first kappa shape index (κ1) is 58.6. The third-order valence-corrected chi connectivity index (χ3v) is 11.8. The number of rotatable bonds is 15. The molecule has 3 amide bonds. The lowest BCUT2D eigenvalue weighted by molar-refractivity contribution is -0.193. The molecule has 8 N–H and O–H groups in total. The summed E-state index contributed by atoms with van der Waals surface area (Å²) in [6.45, 7) is 4.76. The molecule has 76 heavy (non-hydrogen) atoms. The molecule has 7 rings (SSSR count). The van der Waals surface area contributed by atoms with E-state index in [1.54, 1.807) is 36.2 Å². The first-order chi connectivity index (χ1) is 35.9. The minimum atomic E-state index is -5.08. The lowest BCUT2D eigenvalue weighted by Crippen LogP contribution is -2.40. The number of pyridine rings is 1. The molecule has 1 atom stereocenters. The van der Waals surface area contributed by atoms with Crippen molar-refractivity contribution in [3.63, 3.8) is 0 Å². The summed E-state index contributed by atoms with van der Waals surface area (Å²) in [7, 11) is 1.73. The molecule has 404 valence electrons. The number of carboxylic acid groups (broad SMARTS) is 2. The third kappa shape index (κ3) is 17.4. The van der Waals surface area contributed by atoms with E-state index in [-0.39, 0.29) is 35.8 Å². The predicted octanol–water partition coefficient (Wildman–Crippen LogP) is 8.66. The van der Waals surface area contributed by atoms with Gasteiger partial charge in [-0.25, -0.2) is 14.4 Å². The highest BCUT2D eigenvalue weighted by atomic mass is 19.4. The Morgan fingerprint density at radius 2 is 1.42 bits per heavy atom. The molecule has 23 heteroatoms. The molecular weight excluding hydrogens is 1010 g/mol. The number of aromatic amines is 1. The van der Waals surface area contributed by atoms with Crippen LogP contribution in [0.5, 0.6) is 5.75 Å². The number of nitrogens with zero attached hydrogens (tertiary/aromatic N) is 2. The maximum atomic E-state index is 13.4. The number of carboxylic acids is 2. The van der Waals surface area contributed by atoms with E-state index in [0.29, 0.717) is 91.0 Å². The van der Waals surface area contributed by atoms with Crippen molar-refractivity contribution < 1.29 is 75.5 Å². The highest BCUT2D eigenvalue weighted by Crippen LogP contribution is 2.30. The van der Waals surface area contributed by atoms with Gasteiger partial charge in [0.05, 0.1) is 17.3 Å². The Kier molecular flexibility index (Phi) is 20.7. The summed E-state index contributed by atoms with van der Waals surface area (Å²) in [5, 5.41) is 44.9. The van der Waals surface area contributed by atoms with Gasteiger partial charge in [-0.15, -0.1) is 0 Å². The van der Waals surface area contributed by atoms with Gasteiger partial charge in [0.1, 0.15) is 11.9 Å². The number of carbonyl (C=O) groups excluding carboxylic acids is 3. The maximum Gasteiger partial charge on any atom is 0.490 e. The topological polar surface area (TPSA) is 251 Å². The van der Waals surface area contributed by atoms with Gasteiger partial charge in [-0.3, -0.25) is 19.7 Å². The Bertz CT molecular complexity index is 3000. The number of H-pyrrole nitrogens is 1. The number of aliphatic hydroxyl groups excluding tert-OH is 1. The molecule has 0 bridgehead atoms. The largest absolute Gasteiger partial charge is 0.506 e. The minimum absolute atomic E-state index is 0.0560. The van der Waals surface area contributed by atoms with Crippen molar-refractivity contribution in [1.82, 2.24) is 15.2 Å². The van der Waals surface area contributed by atoms with Gasteiger partial charge in [0.25, 0.3) is 5.91 Å². The Morgan fingerprint density at radius 3 is 2.05 bits per heavy atom. The van der Waals surface area contributed by atoms with Crippen molar-refractivity contribution in [2.45, 2.75) is 57.2 Å². The van der Waals surface area contributed by atoms with Crippen LogP contribution in [-0.2, 0) is 25.5 Å². The van der Waals surface area contributed by atoms with Gasteiger partial charge in [-0.1, -0.05) is 72.8 Å². The SMILES string of the molecule is Cc1ccc(C(=O)Nc2ccc(CCNC[C@H](O)c3ccc(O)c4[nH]c(=O)ccc34)cc2)cc1N(C)C(=O)CCN1CCC(OC(=O)Nc2ccccc2-c2ccccc2)CC1.O=C(O)C(F)(F)F.O=C(O)C(F)(F)F. The molecule has 5 aromatic carbocycles. The Balaban J connectivity index is 0.000000671. The quantitative estimate of drug-likeness (QED) is 0.0355. The lowest BCUT2D eigenvalue weighted by Gasteiger charge is -2.32. The van der Waals surface area contributed by atoms with Crippen molar-refractivity contribution in [3.05, 3.63) is 154 Å². The van der Waals surface area contributed by atoms with Crippen LogP contribution in [0.3, 0.4) is 0 Å². The number of aromatic nitrogens is 1. The zero-order chi connectivity index (χ0) is 55.7. The Labute approximate surface area is 430 Å². The molecule has 1 aliphatic rings. The van der Waals surface area contributed by atoms with E-state index < -0.39 is 36.5 Å². The van der Waals surface area contributed by atoms with Crippen LogP contribution < -0.4 is 26.4 Å². The van der Waals surface area contributed by atoms with Crippen LogP contribution in [0.25, 0.3) is 22.0 Å². The van der Waals surface area contributed by atoms with Gasteiger partial charge >= 0.3 is 30.4 Å². The monoisotopic (exact) mass is 1060 g/mol. The van der Waals surface area contributed by atoms with Crippen molar-refractivity contribution in [2.24, 2.45) is 0 Å². The van der Waals surface area contributed by atoms with E-state index in [1.165, 1.54) is 12.1 Å². The zero-order valence-electron chi connectivity index (χ0n) is 40.9. The fourth-order valence-electron chi connectivity index (χ4n) is 7.76. The van der Waals surface area contributed by atoms with Crippen LogP contribution in [0, 0.1) is 6.92 Å². The molecule has 1 saturated heterocycles. The number of fused-ring (bicyclic) bond motifs is 1. The van der Waals surface area contributed by atoms with Crippen LogP contribution in [0.1, 0.15) is 52.4 Å². The van der Waals surface area contributed by atoms with E-state index in [1.807, 2.05) is 91.9 Å². The molecule has 1 fully saturated rings. The molecule has 1 aliphatic heterocycles. The molecule has 0 aliphatic carbocycles. The number of aryl methyl sites for hydroxylation is 1. The van der Waals surface area contributed by atoms with E-state index >= 15 is 0 Å². The number of aliphatic hydroxyl groups is 1. The third-order valence-electron chi connectivity index (χ3n) is 11.8. The standard InChI is InChI=1S/C49H52N6O7.2C2HF3O2/c1-32-12-15-35(48(60)51-36-16-13-33(14-17-36)22-26-50-31-44(57)39-18-20-43(56)47-40(39)19-21-45(58)53-47)30-42(32)54(2)46(59)25-29-55-27-23-37(24-28-55)62-49(61)52-41-11-7-6-10-38(41)34-8-4-3-5-9-34;2*3-2(4,5)1(6)7/h3-21,30,37,44,50,56-57H,22-29,31H2,1-2H3,(H,51,60)(H,52,61)(H,53,58);2*(H,6,7)/t44-;;/m0../s1. The molecule has 2 heterocycles. The normalized spacial score (nSPS) is 13.2. The summed E-state index contributed by atoms with van der Waals surface area (Å²) in [6, 6.07) is 36.5. The second kappa shape index (κ2) is 26.8. The smallest absolute Gasteiger partial charge is 0.490 e. The van der Waals surface area contributed by atoms with Crippen molar-refractivity contribution in [3.8, 4) is 16.9 Å². The highest BCUT2D eigenvalue weighted by Gasteiger charge is 2.39. The number of amides is 3. The van der Waals surface area contributed by atoms with E-state index in [9.17, 15) is 55.7 Å². The lowest BCUT2D eigenvalue weighted by atomic mass is 10.0. The first-order valence-corrected chi connectivity index (χ1v) is 23.4. The first-order valence-electron chi connectivity index (χ1n) is 23.4. The number of aliphatic carboxylic acids is 2. The number of phenolic OH excluding ortho intramolecular Hbond substituents is 1. The number of carbonyl (C=O) groups is 5. The number of benzene rings is 5. The number of para-hydroxylation sites is 1. The fraction of sp³-hybridized carbons (Fsp3) is 0.283. The van der Waals surface area contributed by atoms with Crippen LogP contribution in [-0.4, -0.2) is 118 Å². The van der Waals surface area contributed by atoms with Gasteiger partial charge < -0.3 is 50.6 Å². The molecule has 0 unspecified atom stereocenters. The molecular formula is C53H54F6N6O11. The number of likely N-dealkylation sites (tertiary alicyclic amines) is 1. The van der Waals surface area contributed by atoms with E-state index in [2.05, 4.69) is 25.8 Å². The number of aromatic hydroxyl groups is 1. The fourth-order valence-corrected chi connectivity index (χ4v) is 7.76. The van der Waals surface area contributed by atoms with Crippen molar-refractivity contribution >= 4 is 57.8 Å². The second-order valence-corrected chi connectivity index (χ2v) is 17.2. The van der Waals surface area contributed by atoms with Crippen molar-refractivity contribution in [2.75, 3.05) is 55.3 Å². The highest BCUT2D eigenvalue weighted by molar-refractivity contribution is 6.06. The van der Waals surface area contributed by atoms with E-state index in [4.69, 9.17) is 24.5 Å². The molecule has 6 aromatic rings. The van der Waals surface area contributed by atoms with Gasteiger partial charge in [0, 0.05) is 73.6 Å². The summed E-state index contributed by atoms with van der Waals surface area (Å²) in [5.41, 5.74) is 6.82. The average molecular weight is 1070 g/mol. The molecule has 0 radical (unpaired) electrons. The summed E-state index contributed by atoms with van der Waals surface area (Å²) in [6.07, 6.45) is -9.38. The van der Waals surface area contributed by atoms with Gasteiger partial charge in [0.15, 0.2) is 0 Å². The average Bonchev–Trinajstić information content (AvgIpc) is 3.38. The Morgan fingerprint density at radius 1 is 0.803 bits per heavy atom. The van der Waals surface area contributed by atoms with E-state index in [0.717, 1.165) is 22.3 Å².